The summed E-state index contributed by atoms with van der Waals surface area (Å²) >= 11 is 0.836. The molecule has 103 heavy (non-hydrogen) atoms. The van der Waals surface area contributed by atoms with Crippen molar-refractivity contribution in [1.82, 2.24) is 63.4 Å². The van der Waals surface area contributed by atoms with E-state index in [1.165, 1.54) is 36.1 Å². The highest BCUT2D eigenvalue weighted by Gasteiger charge is 2.41. The van der Waals surface area contributed by atoms with Crippen LogP contribution in [0.1, 0.15) is 109 Å². The van der Waals surface area contributed by atoms with Crippen LogP contribution in [0.25, 0.3) is 0 Å². The van der Waals surface area contributed by atoms with Crippen LogP contribution in [0, 0.1) is 5.92 Å². The topological polar surface area (TPSA) is 623 Å². The first-order valence-electron chi connectivity index (χ1n) is 34.1. The zero-order chi connectivity index (χ0) is 76.1. The van der Waals surface area contributed by atoms with E-state index in [1.807, 2.05) is 0 Å². The Bertz CT molecular complexity index is 3300. The summed E-state index contributed by atoms with van der Waals surface area (Å²) in [5, 5.41) is 38.7. The third-order valence-corrected chi connectivity index (χ3v) is 17.3. The molecule has 2 aliphatic heterocycles. The van der Waals surface area contributed by atoms with E-state index in [2.05, 4.69) is 73.5 Å². The van der Waals surface area contributed by atoms with E-state index < -0.39 is 156 Å². The molecule has 2 fully saturated rings. The molecule has 0 bridgehead atoms. The van der Waals surface area contributed by atoms with E-state index in [4.69, 9.17) is 45.9 Å². The Balaban J connectivity index is 1.82. The number of guanidine groups is 3. The van der Waals surface area contributed by atoms with Crippen LogP contribution in [0.3, 0.4) is 0 Å². The number of hydrogen-bond donors (Lipinski definition) is 20. The smallest absolute Gasteiger partial charge is 0.245 e. The van der Waals surface area contributed by atoms with Gasteiger partial charge in [-0.2, -0.15) is 0 Å². The third kappa shape index (κ3) is 31.9. The average molecular weight is 1460 g/mol. The number of unbranched alkanes of at least 4 members (excludes halogenated alkanes) is 1. The van der Waals surface area contributed by atoms with E-state index >= 15 is 9.59 Å². The largest absolute Gasteiger partial charge is 0.508 e. The number of amides is 13. The van der Waals surface area contributed by atoms with Gasteiger partial charge in [-0.1, -0.05) is 56.3 Å². The van der Waals surface area contributed by atoms with Crippen molar-refractivity contribution in [3.05, 3.63) is 65.7 Å². The van der Waals surface area contributed by atoms with Crippen LogP contribution in [0.4, 0.5) is 0 Å². The number of carbonyl (C=O) groups excluding carboxylic acids is 13. The van der Waals surface area contributed by atoms with E-state index in [9.17, 15) is 57.8 Å². The fourth-order valence-electron chi connectivity index (χ4n) is 10.9. The van der Waals surface area contributed by atoms with Gasteiger partial charge < -0.3 is 114 Å². The average Bonchev–Trinajstić information content (AvgIpc) is 1.53. The first-order valence-corrected chi connectivity index (χ1v) is 35.2. The number of nitrogens with zero attached hydrogens (tertiary/aromatic N) is 4. The second-order valence-corrected chi connectivity index (χ2v) is 26.3. The quantitative estimate of drug-likeness (QED) is 0.0279. The lowest BCUT2D eigenvalue weighted by atomic mass is 10.00. The number of aromatic hydroxyl groups is 1. The summed E-state index contributed by atoms with van der Waals surface area (Å²) in [6.45, 7) is 3.69. The molecular weight excluding hydrogens is 1360 g/mol. The molecule has 4 rings (SSSR count). The molecule has 0 unspecified atom stereocenters. The molecular formula is C65H103N23O14S. The number of hydrogen-bond acceptors (Lipinski definition) is 19. The molecule has 13 amide bonds. The van der Waals surface area contributed by atoms with Gasteiger partial charge in [0, 0.05) is 44.8 Å². The van der Waals surface area contributed by atoms with E-state index in [-0.39, 0.29) is 139 Å². The molecule has 0 saturated carbocycles. The van der Waals surface area contributed by atoms with E-state index in [1.54, 1.807) is 44.2 Å². The van der Waals surface area contributed by atoms with Crippen molar-refractivity contribution in [3.8, 4) is 5.75 Å². The van der Waals surface area contributed by atoms with Crippen molar-refractivity contribution in [3.63, 3.8) is 0 Å². The van der Waals surface area contributed by atoms with Gasteiger partial charge in [0.1, 0.15) is 66.2 Å². The molecule has 38 heteroatoms. The van der Waals surface area contributed by atoms with Crippen molar-refractivity contribution < 1.29 is 67.4 Å². The Labute approximate surface area is 601 Å². The Kier molecular flexibility index (Phi) is 36.8. The number of primary amides is 1. The molecule has 28 N–H and O–H groups in total. The molecule has 568 valence electrons. The predicted molar refractivity (Wildman–Crippen MR) is 384 cm³/mol. The monoisotopic (exact) mass is 1460 g/mol. The summed E-state index contributed by atoms with van der Waals surface area (Å²) in [7, 11) is 0. The Morgan fingerprint density at radius 1 is 0.515 bits per heavy atom. The number of rotatable bonds is 23. The lowest BCUT2D eigenvalue weighted by molar-refractivity contribution is -0.142. The SMILES string of the molecule is CC(C)C[C@@H]1NC(=O)[C@H](Cc2ccc(O)cc2)NC(=O)CSC[C@@H](C(N)=O)NC(=O)CNC(=O)CNC(=O)[C@H](CCCN=C(N)N)NC(=O)[C@H](C)NC(=O)[C@H](CCCCN)NC(=O)[C@@H]2CCCN2C(=O)[C@H](CCCN=C(N)N)NC(=O)[C@H](Cc2ccccc2)NC(=O)[C@H](CCCN=C(N)N)NC1=O. The Morgan fingerprint density at radius 3 is 1.54 bits per heavy atom. The van der Waals surface area contributed by atoms with Gasteiger partial charge in [0.2, 0.25) is 76.8 Å². The number of nitrogens with two attached hydrogens (primary N) is 8. The number of benzene rings is 2. The molecule has 2 heterocycles. The highest BCUT2D eigenvalue weighted by molar-refractivity contribution is 8.00. The first-order chi connectivity index (χ1) is 48.9. The van der Waals surface area contributed by atoms with Gasteiger partial charge in [0.05, 0.1) is 18.8 Å². The minimum atomic E-state index is -1.47. The highest BCUT2D eigenvalue weighted by Crippen LogP contribution is 2.22. The van der Waals surface area contributed by atoms with Crippen LogP contribution in [-0.4, -0.2) is 222 Å². The van der Waals surface area contributed by atoms with Crippen molar-refractivity contribution in [2.75, 3.05) is 57.3 Å². The number of nitrogens with one attached hydrogen (secondary N) is 11. The van der Waals surface area contributed by atoms with Crippen molar-refractivity contribution in [2.24, 2.45) is 66.8 Å². The van der Waals surface area contributed by atoms with Gasteiger partial charge in [0.25, 0.3) is 0 Å². The summed E-state index contributed by atoms with van der Waals surface area (Å²) in [6.07, 6.45) is 0.842. The zero-order valence-electron chi connectivity index (χ0n) is 58.4. The molecule has 0 aliphatic carbocycles. The number of aliphatic imine (C=N–C) groups is 3. The second-order valence-electron chi connectivity index (χ2n) is 25.3. The first kappa shape index (κ1) is 84.9. The van der Waals surface area contributed by atoms with Gasteiger partial charge in [-0.15, -0.1) is 11.8 Å². The summed E-state index contributed by atoms with van der Waals surface area (Å²) in [4.78, 5) is 196. The second kappa shape index (κ2) is 44.7. The molecule has 37 nitrogen and oxygen atoms in total. The molecule has 0 spiro atoms. The third-order valence-electron chi connectivity index (χ3n) is 16.2. The molecule has 0 radical (unpaired) electrons. The minimum absolute atomic E-state index is 0.00660. The van der Waals surface area contributed by atoms with Crippen LogP contribution in [0.5, 0.6) is 5.75 Å². The van der Waals surface area contributed by atoms with Crippen LogP contribution in [-0.2, 0) is 75.2 Å². The summed E-state index contributed by atoms with van der Waals surface area (Å²) < 4.78 is 0. The van der Waals surface area contributed by atoms with Gasteiger partial charge in [-0.3, -0.25) is 77.3 Å². The minimum Gasteiger partial charge on any atom is -0.508 e. The fourth-order valence-corrected chi connectivity index (χ4v) is 11.8. The summed E-state index contributed by atoms with van der Waals surface area (Å²) in [5.74, 6) is -12.9. The number of phenolic OH excluding ortho intramolecular Hbond substituents is 1. The molecule has 2 saturated heterocycles. The predicted octanol–water partition coefficient (Wildman–Crippen LogP) is -6.65. The van der Waals surface area contributed by atoms with Gasteiger partial charge in [-0.05, 0) is 120 Å². The Hall–Kier alpha value is -10.5. The molecule has 2 aromatic carbocycles. The number of thioether (sulfide) groups is 1. The van der Waals surface area contributed by atoms with Gasteiger partial charge >= 0.3 is 0 Å². The van der Waals surface area contributed by atoms with Crippen molar-refractivity contribution in [1.29, 1.82) is 0 Å². The fraction of sp³-hybridized carbons (Fsp3) is 0.569. The standard InChI is InChI=1S/C65H103N23O14S/c1-36(2)29-45-58(98)83-43(17-10-26-75-64(70)71)57(97)87-47(30-38-13-5-4-6-14-38)60(100)85-44(18-11-27-76-65(72)73)62(102)88-28-12-19-49(88)61(101)84-42(15-7-8-24-66)56(96)79-37(3)54(94)82-41(16-9-25-74-63(68)69)55(95)78-32-50(90)77-33-51(91)81-48(53(67)93)34-103-35-52(92)80-46(59(99)86-45)31-39-20-22-40(89)23-21-39/h4-6,13-14,20-23,36-37,41-49,89H,7-12,15-19,24-35,66H2,1-3H3,(H2,67,93)(H,77,90)(H,78,95)(H,79,96)(H,80,92)(H,81,91)(H,82,94)(H,83,98)(H,84,101)(H,85,100)(H,86,99)(H,87,97)(H4,68,69,74)(H4,70,71,75)(H4,72,73,76)/t37-,41-,42-,43-,44-,45-,46-,47-,48-,49-/m0/s1. The van der Waals surface area contributed by atoms with Crippen molar-refractivity contribution in [2.45, 2.75) is 171 Å². The van der Waals surface area contributed by atoms with E-state index in [0.29, 0.717) is 30.4 Å². The van der Waals surface area contributed by atoms with Gasteiger partial charge in [-0.25, -0.2) is 0 Å². The molecule has 10 atom stereocenters. The maximum Gasteiger partial charge on any atom is 0.245 e. The number of phenols is 1. The lowest BCUT2D eigenvalue weighted by Crippen LogP contribution is -2.60. The maximum atomic E-state index is 15.1. The number of carbonyl (C=O) groups is 13. The molecule has 2 aliphatic rings. The lowest BCUT2D eigenvalue weighted by Gasteiger charge is -2.31. The van der Waals surface area contributed by atoms with Crippen LogP contribution < -0.4 is 104 Å². The summed E-state index contributed by atoms with van der Waals surface area (Å²) in [6, 6.07) is 0.534. The number of fused-ring (bicyclic) bond motifs is 1. The normalized spacial score (nSPS) is 23.4. The van der Waals surface area contributed by atoms with Gasteiger partial charge in [0.15, 0.2) is 17.9 Å². The van der Waals surface area contributed by atoms with E-state index in [0.717, 1.165) is 11.8 Å². The van der Waals surface area contributed by atoms with Crippen LogP contribution >= 0.6 is 11.8 Å². The molecule has 2 aromatic rings. The zero-order valence-corrected chi connectivity index (χ0v) is 59.2. The van der Waals surface area contributed by atoms with Crippen LogP contribution in [0.2, 0.25) is 0 Å². The molecule has 0 aromatic heterocycles. The van der Waals surface area contributed by atoms with Crippen molar-refractivity contribution >= 4 is 106 Å². The van der Waals surface area contributed by atoms with Crippen LogP contribution in [0.15, 0.2) is 69.6 Å². The highest BCUT2D eigenvalue weighted by atomic mass is 32.2. The maximum absolute atomic E-state index is 15.1. The summed E-state index contributed by atoms with van der Waals surface area (Å²) in [5.41, 5.74) is 46.0. The Morgan fingerprint density at radius 2 is 0.981 bits per heavy atom.